The van der Waals surface area contributed by atoms with Gasteiger partial charge in [0.15, 0.2) is 5.13 Å². The van der Waals surface area contributed by atoms with Crippen LogP contribution in [0.4, 0.5) is 5.13 Å². The first-order valence-electron chi connectivity index (χ1n) is 8.70. The molecular weight excluding hydrogens is 318 g/mol. The van der Waals surface area contributed by atoms with E-state index in [-0.39, 0.29) is 5.41 Å². The van der Waals surface area contributed by atoms with Gasteiger partial charge in [-0.15, -0.1) is 11.3 Å². The zero-order chi connectivity index (χ0) is 16.4. The first-order chi connectivity index (χ1) is 11.7. The van der Waals surface area contributed by atoms with Crippen LogP contribution in [0.15, 0.2) is 41.9 Å². The number of benzene rings is 1. The molecule has 0 aliphatic carbocycles. The third-order valence-electron chi connectivity index (χ3n) is 5.32. The van der Waals surface area contributed by atoms with Crippen molar-refractivity contribution >= 4 is 22.4 Å². The molecular formula is C19H23N3OS. The van der Waals surface area contributed by atoms with Crippen LogP contribution in [0.3, 0.4) is 0 Å². The lowest BCUT2D eigenvalue weighted by Crippen LogP contribution is -2.53. The second kappa shape index (κ2) is 6.55. The van der Waals surface area contributed by atoms with Crippen molar-refractivity contribution in [1.29, 1.82) is 0 Å². The predicted molar refractivity (Wildman–Crippen MR) is 97.1 cm³/mol. The van der Waals surface area contributed by atoms with Crippen molar-refractivity contribution in [2.45, 2.75) is 32.2 Å². The molecule has 0 unspecified atom stereocenters. The van der Waals surface area contributed by atoms with Crippen molar-refractivity contribution in [1.82, 2.24) is 9.88 Å². The molecule has 4 nitrogen and oxygen atoms in total. The molecule has 1 aromatic heterocycles. The Morgan fingerprint density at radius 1 is 1.17 bits per heavy atom. The van der Waals surface area contributed by atoms with Gasteiger partial charge in [0.2, 0.25) is 5.91 Å². The van der Waals surface area contributed by atoms with Gasteiger partial charge in [-0.25, -0.2) is 4.98 Å². The number of rotatable bonds is 3. The molecule has 0 radical (unpaired) electrons. The maximum atomic E-state index is 12.4. The molecule has 24 heavy (non-hydrogen) atoms. The van der Waals surface area contributed by atoms with Gasteiger partial charge in [-0.3, -0.25) is 4.79 Å². The van der Waals surface area contributed by atoms with E-state index >= 15 is 0 Å². The van der Waals surface area contributed by atoms with Gasteiger partial charge in [0, 0.05) is 49.6 Å². The lowest BCUT2D eigenvalue weighted by atomic mass is 9.73. The smallest absolute Gasteiger partial charge is 0.222 e. The molecule has 4 rings (SSSR count). The molecule has 3 heterocycles. The number of piperidine rings is 2. The van der Waals surface area contributed by atoms with Gasteiger partial charge in [0.05, 0.1) is 0 Å². The molecule has 0 bridgehead atoms. The van der Waals surface area contributed by atoms with E-state index in [1.54, 1.807) is 11.3 Å². The number of nitrogens with zero attached hydrogens (tertiary/aromatic N) is 3. The van der Waals surface area contributed by atoms with Gasteiger partial charge >= 0.3 is 0 Å². The Kier molecular flexibility index (Phi) is 4.27. The second-order valence-corrected chi connectivity index (χ2v) is 7.95. The first-order valence-corrected chi connectivity index (χ1v) is 9.58. The number of thiazole rings is 1. The molecule has 2 saturated heterocycles. The quantitative estimate of drug-likeness (QED) is 0.856. The number of hydrogen-bond acceptors (Lipinski definition) is 4. The molecule has 2 fully saturated rings. The highest BCUT2D eigenvalue weighted by Gasteiger charge is 2.42. The summed E-state index contributed by atoms with van der Waals surface area (Å²) in [6, 6.07) is 10.3. The topological polar surface area (TPSA) is 36.4 Å². The number of amides is 1. The van der Waals surface area contributed by atoms with Crippen LogP contribution >= 0.6 is 11.3 Å². The summed E-state index contributed by atoms with van der Waals surface area (Å²) >= 11 is 1.72. The van der Waals surface area contributed by atoms with Crippen molar-refractivity contribution in [2.75, 3.05) is 24.5 Å². The molecule has 0 saturated carbocycles. The lowest BCUT2D eigenvalue weighted by Gasteiger charge is -2.48. The highest BCUT2D eigenvalue weighted by molar-refractivity contribution is 7.13. The zero-order valence-corrected chi connectivity index (χ0v) is 14.7. The van der Waals surface area contributed by atoms with E-state index in [9.17, 15) is 4.79 Å². The maximum Gasteiger partial charge on any atom is 0.222 e. The molecule has 1 atom stereocenters. The van der Waals surface area contributed by atoms with E-state index in [0.717, 1.165) is 37.7 Å². The summed E-state index contributed by atoms with van der Waals surface area (Å²) in [6.07, 6.45) is 5.98. The van der Waals surface area contributed by atoms with E-state index in [0.29, 0.717) is 12.3 Å². The standard InChI is InChI=1S/C19H23N3OS/c23-17-7-9-19(15-22(17)13-16-5-2-1-3-6-16)8-4-11-21(14-19)18-20-10-12-24-18/h1-3,5-6,10,12H,4,7-9,11,13-15H2/t19-/m0/s1. The summed E-state index contributed by atoms with van der Waals surface area (Å²) < 4.78 is 0. The van der Waals surface area contributed by atoms with Crippen molar-refractivity contribution < 1.29 is 4.79 Å². The molecule has 5 heteroatoms. The molecule has 2 aliphatic rings. The molecule has 1 aromatic carbocycles. The van der Waals surface area contributed by atoms with Gasteiger partial charge in [0.25, 0.3) is 0 Å². The average Bonchev–Trinajstić information content (AvgIpc) is 3.14. The van der Waals surface area contributed by atoms with Gasteiger partial charge in [-0.1, -0.05) is 30.3 Å². The predicted octanol–water partition coefficient (Wildman–Crippen LogP) is 3.55. The van der Waals surface area contributed by atoms with Crippen molar-refractivity contribution in [2.24, 2.45) is 5.41 Å². The Hall–Kier alpha value is -1.88. The summed E-state index contributed by atoms with van der Waals surface area (Å²) in [6.45, 7) is 3.72. The number of hydrogen-bond donors (Lipinski definition) is 0. The van der Waals surface area contributed by atoms with E-state index in [2.05, 4.69) is 26.9 Å². The summed E-state index contributed by atoms with van der Waals surface area (Å²) in [5.74, 6) is 0.302. The summed E-state index contributed by atoms with van der Waals surface area (Å²) in [4.78, 5) is 21.4. The molecule has 0 N–H and O–H groups in total. The van der Waals surface area contributed by atoms with E-state index in [4.69, 9.17) is 0 Å². The molecule has 1 spiro atoms. The van der Waals surface area contributed by atoms with Crippen LogP contribution < -0.4 is 4.90 Å². The second-order valence-electron chi connectivity index (χ2n) is 7.08. The van der Waals surface area contributed by atoms with Crippen molar-refractivity contribution in [3.05, 3.63) is 47.5 Å². The third kappa shape index (κ3) is 3.18. The Balaban J connectivity index is 1.49. The SMILES string of the molecule is O=C1CC[C@]2(CCCN(c3nccs3)C2)CN1Cc1ccccc1. The number of anilines is 1. The Labute approximate surface area is 147 Å². The number of carbonyl (C=O) groups excluding carboxylic acids is 1. The molecule has 2 aliphatic heterocycles. The first kappa shape index (κ1) is 15.6. The van der Waals surface area contributed by atoms with Gasteiger partial charge in [-0.2, -0.15) is 0 Å². The molecule has 1 amide bonds. The minimum Gasteiger partial charge on any atom is -0.347 e. The van der Waals surface area contributed by atoms with Crippen LogP contribution in [0.25, 0.3) is 0 Å². The van der Waals surface area contributed by atoms with Crippen LogP contribution in [-0.4, -0.2) is 35.4 Å². The highest BCUT2D eigenvalue weighted by atomic mass is 32.1. The number of carbonyl (C=O) groups is 1. The number of aromatic nitrogens is 1. The highest BCUT2D eigenvalue weighted by Crippen LogP contribution is 2.40. The third-order valence-corrected chi connectivity index (χ3v) is 6.15. The Bertz CT molecular complexity index is 688. The largest absolute Gasteiger partial charge is 0.347 e. The van der Waals surface area contributed by atoms with Crippen LogP contribution in [0.5, 0.6) is 0 Å². The molecule has 126 valence electrons. The summed E-state index contributed by atoms with van der Waals surface area (Å²) in [5.41, 5.74) is 1.45. The van der Waals surface area contributed by atoms with E-state index in [1.165, 1.54) is 18.4 Å². The van der Waals surface area contributed by atoms with E-state index in [1.807, 2.05) is 29.8 Å². The molecule has 2 aromatic rings. The van der Waals surface area contributed by atoms with Gasteiger partial charge < -0.3 is 9.80 Å². The average molecular weight is 341 g/mol. The Morgan fingerprint density at radius 2 is 2.04 bits per heavy atom. The minimum absolute atomic E-state index is 0.229. The fraction of sp³-hybridized carbons (Fsp3) is 0.474. The zero-order valence-electron chi connectivity index (χ0n) is 13.9. The summed E-state index contributed by atoms with van der Waals surface area (Å²) in [7, 11) is 0. The monoisotopic (exact) mass is 341 g/mol. The van der Waals surface area contributed by atoms with Gasteiger partial charge in [-0.05, 0) is 24.8 Å². The number of likely N-dealkylation sites (tertiary alicyclic amines) is 1. The van der Waals surface area contributed by atoms with Crippen LogP contribution in [-0.2, 0) is 11.3 Å². The van der Waals surface area contributed by atoms with Crippen molar-refractivity contribution in [3.8, 4) is 0 Å². The van der Waals surface area contributed by atoms with E-state index < -0.39 is 0 Å². The Morgan fingerprint density at radius 3 is 2.83 bits per heavy atom. The van der Waals surface area contributed by atoms with Gasteiger partial charge in [0.1, 0.15) is 0 Å². The van der Waals surface area contributed by atoms with Crippen LogP contribution in [0, 0.1) is 5.41 Å². The fourth-order valence-electron chi connectivity index (χ4n) is 4.13. The van der Waals surface area contributed by atoms with Crippen LogP contribution in [0.1, 0.15) is 31.2 Å². The van der Waals surface area contributed by atoms with Crippen LogP contribution in [0.2, 0.25) is 0 Å². The fourth-order valence-corrected chi connectivity index (χ4v) is 4.80. The normalized spacial score (nSPS) is 24.6. The summed E-state index contributed by atoms with van der Waals surface area (Å²) in [5, 5.41) is 3.17. The maximum absolute atomic E-state index is 12.4. The van der Waals surface area contributed by atoms with Crippen molar-refractivity contribution in [3.63, 3.8) is 0 Å². The minimum atomic E-state index is 0.229. The lowest BCUT2D eigenvalue weighted by molar-refractivity contribution is -0.138.